The molecule has 0 unspecified atom stereocenters. The van der Waals surface area contributed by atoms with Crippen LogP contribution >= 0.6 is 0 Å². The van der Waals surface area contributed by atoms with Gasteiger partial charge in [-0.05, 0) is 25.5 Å². The van der Waals surface area contributed by atoms with Crippen LogP contribution < -0.4 is 5.73 Å². The van der Waals surface area contributed by atoms with Crippen LogP contribution in [-0.2, 0) is 6.18 Å². The topological polar surface area (TPSA) is 46.3 Å². The van der Waals surface area contributed by atoms with Gasteiger partial charge in [0, 0.05) is 19.1 Å². The normalized spacial score (nSPS) is 19.8. The minimum atomic E-state index is -4.53. The first-order valence-electron chi connectivity index (χ1n) is 6.01. The summed E-state index contributed by atoms with van der Waals surface area (Å²) < 4.78 is 38.7. The Morgan fingerprint density at radius 2 is 2.11 bits per heavy atom. The molecule has 2 N–H and O–H groups in total. The number of hydrogen-bond donors (Lipinski definition) is 1. The van der Waals surface area contributed by atoms with Gasteiger partial charge in [0.2, 0.25) is 0 Å². The highest BCUT2D eigenvalue weighted by Gasteiger charge is 2.37. The first kappa shape index (κ1) is 13.9. The largest absolute Gasteiger partial charge is 0.417 e. The van der Waals surface area contributed by atoms with E-state index in [1.54, 1.807) is 6.92 Å². The van der Waals surface area contributed by atoms with Crippen molar-refractivity contribution >= 4 is 5.91 Å². The zero-order valence-corrected chi connectivity index (χ0v) is 10.5. The molecule has 0 saturated carbocycles. The van der Waals surface area contributed by atoms with E-state index in [-0.39, 0.29) is 11.6 Å². The standard InChI is InChI=1S/C13H15F3N2O/c1-8-2-3-11(13(14,15)16)10(6-8)12(19)18-5-4-9(17)7-18/h2-3,6,9H,4-5,7,17H2,1H3/t9-/m1/s1. The maximum absolute atomic E-state index is 12.9. The summed E-state index contributed by atoms with van der Waals surface area (Å²) in [7, 11) is 0. The smallest absolute Gasteiger partial charge is 0.337 e. The second-order valence-corrected chi connectivity index (χ2v) is 4.85. The Morgan fingerprint density at radius 1 is 1.42 bits per heavy atom. The fourth-order valence-electron chi connectivity index (χ4n) is 2.22. The van der Waals surface area contributed by atoms with E-state index in [9.17, 15) is 18.0 Å². The first-order chi connectivity index (χ1) is 8.79. The van der Waals surface area contributed by atoms with E-state index in [0.717, 1.165) is 6.07 Å². The molecule has 0 spiro atoms. The van der Waals surface area contributed by atoms with Crippen LogP contribution in [0.25, 0.3) is 0 Å². The lowest BCUT2D eigenvalue weighted by Gasteiger charge is -2.19. The number of likely N-dealkylation sites (tertiary alicyclic amines) is 1. The molecule has 1 fully saturated rings. The summed E-state index contributed by atoms with van der Waals surface area (Å²) in [6.07, 6.45) is -3.90. The van der Waals surface area contributed by atoms with E-state index in [0.29, 0.717) is 25.1 Å². The van der Waals surface area contributed by atoms with Gasteiger partial charge in [-0.3, -0.25) is 4.79 Å². The van der Waals surface area contributed by atoms with Crippen molar-refractivity contribution in [3.63, 3.8) is 0 Å². The Balaban J connectivity index is 2.38. The summed E-state index contributed by atoms with van der Waals surface area (Å²) in [6, 6.07) is 3.45. The van der Waals surface area contributed by atoms with Crippen molar-refractivity contribution in [3.05, 3.63) is 34.9 Å². The number of nitrogens with two attached hydrogens (primary N) is 1. The Morgan fingerprint density at radius 3 is 2.63 bits per heavy atom. The molecule has 0 aromatic heterocycles. The Hall–Kier alpha value is -1.56. The molecule has 2 rings (SSSR count). The second kappa shape index (κ2) is 4.85. The molecule has 104 valence electrons. The van der Waals surface area contributed by atoms with Gasteiger partial charge in [0.15, 0.2) is 0 Å². The van der Waals surface area contributed by atoms with Crippen molar-refractivity contribution in [1.29, 1.82) is 0 Å². The summed E-state index contributed by atoms with van der Waals surface area (Å²) in [5.41, 5.74) is 5.13. The maximum Gasteiger partial charge on any atom is 0.417 e. The molecule has 1 atom stereocenters. The highest BCUT2D eigenvalue weighted by Crippen LogP contribution is 2.33. The van der Waals surface area contributed by atoms with E-state index in [1.807, 2.05) is 0 Å². The lowest BCUT2D eigenvalue weighted by atomic mass is 10.0. The van der Waals surface area contributed by atoms with Crippen LogP contribution in [0.5, 0.6) is 0 Å². The average Bonchev–Trinajstić information content (AvgIpc) is 2.73. The van der Waals surface area contributed by atoms with Gasteiger partial charge in [-0.1, -0.05) is 11.6 Å². The van der Waals surface area contributed by atoms with E-state index >= 15 is 0 Å². The van der Waals surface area contributed by atoms with E-state index < -0.39 is 17.6 Å². The quantitative estimate of drug-likeness (QED) is 0.851. The zero-order chi connectivity index (χ0) is 14.2. The number of halogens is 3. The third kappa shape index (κ3) is 2.89. The van der Waals surface area contributed by atoms with Gasteiger partial charge >= 0.3 is 6.18 Å². The van der Waals surface area contributed by atoms with Crippen molar-refractivity contribution in [2.24, 2.45) is 5.73 Å². The number of alkyl halides is 3. The molecule has 3 nitrogen and oxygen atoms in total. The molecule has 0 aliphatic carbocycles. The highest BCUT2D eigenvalue weighted by atomic mass is 19.4. The van der Waals surface area contributed by atoms with Crippen LogP contribution in [0.15, 0.2) is 18.2 Å². The van der Waals surface area contributed by atoms with Crippen LogP contribution in [0.1, 0.15) is 27.9 Å². The number of amides is 1. The Labute approximate surface area is 109 Å². The lowest BCUT2D eigenvalue weighted by molar-refractivity contribution is -0.138. The summed E-state index contributed by atoms with van der Waals surface area (Å²) in [5.74, 6) is -0.594. The van der Waals surface area contributed by atoms with Crippen LogP contribution in [0, 0.1) is 6.92 Å². The van der Waals surface area contributed by atoms with Crippen molar-refractivity contribution < 1.29 is 18.0 Å². The molecule has 19 heavy (non-hydrogen) atoms. The van der Waals surface area contributed by atoms with Crippen LogP contribution in [0.4, 0.5) is 13.2 Å². The number of hydrogen-bond acceptors (Lipinski definition) is 2. The summed E-state index contributed by atoms with van der Waals surface area (Å²) >= 11 is 0. The maximum atomic E-state index is 12.9. The predicted octanol–water partition coefficient (Wildman–Crippen LogP) is 2.19. The predicted molar refractivity (Wildman–Crippen MR) is 64.7 cm³/mol. The molecule has 1 aromatic rings. The summed E-state index contributed by atoms with van der Waals surface area (Å²) in [4.78, 5) is 13.6. The SMILES string of the molecule is Cc1ccc(C(F)(F)F)c(C(=O)N2CC[C@@H](N)C2)c1. The third-order valence-electron chi connectivity index (χ3n) is 3.22. The van der Waals surface area contributed by atoms with E-state index in [2.05, 4.69) is 0 Å². The number of carbonyl (C=O) groups is 1. The van der Waals surface area contributed by atoms with Gasteiger partial charge in [-0.25, -0.2) is 0 Å². The molecule has 1 amide bonds. The molecule has 0 bridgehead atoms. The minimum Gasteiger partial charge on any atom is -0.337 e. The Kier molecular flexibility index (Phi) is 3.54. The van der Waals surface area contributed by atoms with Crippen molar-refractivity contribution in [1.82, 2.24) is 4.90 Å². The van der Waals surface area contributed by atoms with Crippen molar-refractivity contribution in [3.8, 4) is 0 Å². The van der Waals surface area contributed by atoms with Gasteiger partial charge in [-0.15, -0.1) is 0 Å². The first-order valence-corrected chi connectivity index (χ1v) is 6.01. The van der Waals surface area contributed by atoms with Crippen LogP contribution in [0.3, 0.4) is 0 Å². The number of benzene rings is 1. The zero-order valence-electron chi connectivity index (χ0n) is 10.5. The summed E-state index contributed by atoms with van der Waals surface area (Å²) in [6.45, 7) is 2.38. The fraction of sp³-hybridized carbons (Fsp3) is 0.462. The molecule has 1 aliphatic heterocycles. The monoisotopic (exact) mass is 272 g/mol. The molecular weight excluding hydrogens is 257 g/mol. The minimum absolute atomic E-state index is 0.150. The van der Waals surface area contributed by atoms with Crippen LogP contribution in [-0.4, -0.2) is 29.9 Å². The molecule has 1 saturated heterocycles. The average molecular weight is 272 g/mol. The molecular formula is C13H15F3N2O. The number of aryl methyl sites for hydroxylation is 1. The van der Waals surface area contributed by atoms with Gasteiger partial charge in [0.1, 0.15) is 0 Å². The third-order valence-corrected chi connectivity index (χ3v) is 3.22. The van der Waals surface area contributed by atoms with Gasteiger partial charge < -0.3 is 10.6 Å². The number of carbonyl (C=O) groups excluding carboxylic acids is 1. The van der Waals surface area contributed by atoms with Gasteiger partial charge in [-0.2, -0.15) is 13.2 Å². The van der Waals surface area contributed by atoms with E-state index in [4.69, 9.17) is 5.73 Å². The lowest BCUT2D eigenvalue weighted by Crippen LogP contribution is -2.33. The molecule has 6 heteroatoms. The highest BCUT2D eigenvalue weighted by molar-refractivity contribution is 5.96. The number of nitrogens with zero attached hydrogens (tertiary/aromatic N) is 1. The second-order valence-electron chi connectivity index (χ2n) is 4.85. The molecule has 1 aliphatic rings. The molecule has 1 heterocycles. The molecule has 0 radical (unpaired) electrons. The van der Waals surface area contributed by atoms with Gasteiger partial charge in [0.25, 0.3) is 5.91 Å². The van der Waals surface area contributed by atoms with Crippen molar-refractivity contribution in [2.45, 2.75) is 25.6 Å². The fourth-order valence-corrected chi connectivity index (χ4v) is 2.22. The van der Waals surface area contributed by atoms with E-state index in [1.165, 1.54) is 17.0 Å². The Bertz CT molecular complexity index is 499. The van der Waals surface area contributed by atoms with Crippen LogP contribution in [0.2, 0.25) is 0 Å². The molecule has 1 aromatic carbocycles. The van der Waals surface area contributed by atoms with Gasteiger partial charge in [0.05, 0.1) is 11.1 Å². The van der Waals surface area contributed by atoms with Crippen molar-refractivity contribution in [2.75, 3.05) is 13.1 Å². The number of rotatable bonds is 1. The summed E-state index contributed by atoms with van der Waals surface area (Å²) in [5, 5.41) is 0.